The molecular formula is C18H23NO. The fourth-order valence-electron chi connectivity index (χ4n) is 2.34. The van der Waals surface area contributed by atoms with Crippen LogP contribution >= 0.6 is 0 Å². The van der Waals surface area contributed by atoms with E-state index in [1.54, 1.807) is 0 Å². The Balaban J connectivity index is 2.33. The molecule has 0 fully saturated rings. The van der Waals surface area contributed by atoms with Crippen molar-refractivity contribution in [1.29, 1.82) is 0 Å². The summed E-state index contributed by atoms with van der Waals surface area (Å²) in [5.41, 5.74) is 11.6. The lowest BCUT2D eigenvalue weighted by molar-refractivity contribution is 0.470. The summed E-state index contributed by atoms with van der Waals surface area (Å²) in [6.45, 7) is 9.06. The van der Waals surface area contributed by atoms with E-state index in [1.165, 1.54) is 22.3 Å². The molecule has 2 rings (SSSR count). The zero-order valence-electron chi connectivity index (χ0n) is 12.8. The van der Waals surface area contributed by atoms with Gasteiger partial charge in [0.05, 0.1) is 0 Å². The summed E-state index contributed by atoms with van der Waals surface area (Å²) in [6.07, 6.45) is 0.906. The first-order chi connectivity index (χ1) is 9.52. The lowest BCUT2D eigenvalue weighted by Crippen LogP contribution is -2.03. The van der Waals surface area contributed by atoms with E-state index in [4.69, 9.17) is 10.5 Å². The van der Waals surface area contributed by atoms with E-state index in [-0.39, 0.29) is 0 Å². The van der Waals surface area contributed by atoms with E-state index in [0.717, 1.165) is 23.5 Å². The van der Waals surface area contributed by atoms with Crippen molar-refractivity contribution in [2.24, 2.45) is 5.73 Å². The van der Waals surface area contributed by atoms with Crippen molar-refractivity contribution in [1.82, 2.24) is 0 Å². The topological polar surface area (TPSA) is 35.2 Å². The summed E-state index contributed by atoms with van der Waals surface area (Å²) in [6, 6.07) is 10.5. The molecule has 0 aliphatic heterocycles. The largest absolute Gasteiger partial charge is 0.457 e. The minimum atomic E-state index is 0.676. The molecule has 0 bridgehead atoms. The summed E-state index contributed by atoms with van der Waals surface area (Å²) in [7, 11) is 0. The van der Waals surface area contributed by atoms with Gasteiger partial charge < -0.3 is 10.5 Å². The summed E-state index contributed by atoms with van der Waals surface area (Å²) < 4.78 is 6.15. The molecule has 2 aromatic rings. The highest BCUT2D eigenvalue weighted by molar-refractivity contribution is 5.48. The van der Waals surface area contributed by atoms with Crippen LogP contribution in [0.4, 0.5) is 0 Å². The molecule has 0 saturated carbocycles. The molecule has 0 spiro atoms. The maximum absolute atomic E-state index is 6.15. The van der Waals surface area contributed by atoms with Crippen molar-refractivity contribution in [3.8, 4) is 11.5 Å². The highest BCUT2D eigenvalue weighted by atomic mass is 16.5. The molecule has 2 aromatic carbocycles. The molecule has 0 aromatic heterocycles. The van der Waals surface area contributed by atoms with Crippen molar-refractivity contribution in [2.45, 2.75) is 34.1 Å². The lowest BCUT2D eigenvalue weighted by Gasteiger charge is -2.15. The first-order valence-corrected chi connectivity index (χ1v) is 7.07. The minimum absolute atomic E-state index is 0.676. The van der Waals surface area contributed by atoms with Crippen LogP contribution in [0.5, 0.6) is 11.5 Å². The molecule has 0 heterocycles. The smallest absolute Gasteiger partial charge is 0.133 e. The van der Waals surface area contributed by atoms with Crippen LogP contribution in [-0.2, 0) is 6.42 Å². The Morgan fingerprint density at radius 3 is 2.25 bits per heavy atom. The van der Waals surface area contributed by atoms with Gasteiger partial charge in [0.15, 0.2) is 0 Å². The van der Waals surface area contributed by atoms with Gasteiger partial charge in [0.1, 0.15) is 11.5 Å². The third kappa shape index (κ3) is 3.02. The van der Waals surface area contributed by atoms with E-state index in [0.29, 0.717) is 6.54 Å². The Bertz CT molecular complexity index is 617. The monoisotopic (exact) mass is 269 g/mol. The van der Waals surface area contributed by atoms with Gasteiger partial charge in [-0.1, -0.05) is 24.3 Å². The molecule has 20 heavy (non-hydrogen) atoms. The van der Waals surface area contributed by atoms with Crippen LogP contribution in [0.15, 0.2) is 30.3 Å². The number of benzene rings is 2. The maximum Gasteiger partial charge on any atom is 0.133 e. The Morgan fingerprint density at radius 1 is 0.900 bits per heavy atom. The predicted molar refractivity (Wildman–Crippen MR) is 84.7 cm³/mol. The number of nitrogens with two attached hydrogens (primary N) is 1. The van der Waals surface area contributed by atoms with Crippen LogP contribution in [0.3, 0.4) is 0 Å². The van der Waals surface area contributed by atoms with Gasteiger partial charge in [0.2, 0.25) is 0 Å². The van der Waals surface area contributed by atoms with Gasteiger partial charge in [0.25, 0.3) is 0 Å². The third-order valence-electron chi connectivity index (χ3n) is 3.76. The van der Waals surface area contributed by atoms with Crippen LogP contribution in [0.1, 0.15) is 27.8 Å². The highest BCUT2D eigenvalue weighted by Gasteiger charge is 2.09. The quantitative estimate of drug-likeness (QED) is 0.902. The Labute approximate surface area is 121 Å². The molecule has 2 nitrogen and oxygen atoms in total. The van der Waals surface area contributed by atoms with Gasteiger partial charge in [-0.3, -0.25) is 0 Å². The molecule has 0 aliphatic carbocycles. The van der Waals surface area contributed by atoms with Gasteiger partial charge in [-0.25, -0.2) is 0 Å². The van der Waals surface area contributed by atoms with Gasteiger partial charge in [0, 0.05) is 0 Å². The molecule has 0 unspecified atom stereocenters. The van der Waals surface area contributed by atoms with E-state index >= 15 is 0 Å². The summed E-state index contributed by atoms with van der Waals surface area (Å²) >= 11 is 0. The van der Waals surface area contributed by atoms with Crippen LogP contribution in [-0.4, -0.2) is 6.54 Å². The van der Waals surface area contributed by atoms with Crippen molar-refractivity contribution in [3.05, 3.63) is 58.1 Å². The summed E-state index contributed by atoms with van der Waals surface area (Å²) in [4.78, 5) is 0. The third-order valence-corrected chi connectivity index (χ3v) is 3.76. The fourth-order valence-corrected chi connectivity index (χ4v) is 2.34. The molecule has 2 heteroatoms. The van der Waals surface area contributed by atoms with Crippen LogP contribution < -0.4 is 10.5 Å². The van der Waals surface area contributed by atoms with E-state index < -0.39 is 0 Å². The van der Waals surface area contributed by atoms with Crippen molar-refractivity contribution in [2.75, 3.05) is 6.54 Å². The standard InChI is InChI=1S/C18H23NO/c1-12-5-6-13(2)18(15(12)4)20-17-8-7-16(9-10-19)11-14(17)3/h5-8,11H,9-10,19H2,1-4H3. The van der Waals surface area contributed by atoms with Gasteiger partial charge in [-0.15, -0.1) is 0 Å². The first-order valence-electron chi connectivity index (χ1n) is 7.07. The van der Waals surface area contributed by atoms with Gasteiger partial charge >= 0.3 is 0 Å². The summed E-state index contributed by atoms with van der Waals surface area (Å²) in [5, 5.41) is 0. The van der Waals surface area contributed by atoms with E-state index in [2.05, 4.69) is 52.0 Å². The molecule has 2 N–H and O–H groups in total. The number of hydrogen-bond acceptors (Lipinski definition) is 2. The highest BCUT2D eigenvalue weighted by Crippen LogP contribution is 2.32. The second-order valence-electron chi connectivity index (χ2n) is 5.39. The number of aryl methyl sites for hydroxylation is 3. The molecule has 0 atom stereocenters. The fraction of sp³-hybridized carbons (Fsp3) is 0.333. The predicted octanol–water partition coefficient (Wildman–Crippen LogP) is 4.21. The second kappa shape index (κ2) is 6.10. The number of rotatable bonds is 4. The van der Waals surface area contributed by atoms with Gasteiger partial charge in [-0.2, -0.15) is 0 Å². The average Bonchev–Trinajstić information content (AvgIpc) is 2.42. The number of hydrogen-bond donors (Lipinski definition) is 1. The Morgan fingerprint density at radius 2 is 1.60 bits per heavy atom. The molecule has 106 valence electrons. The van der Waals surface area contributed by atoms with Crippen LogP contribution in [0, 0.1) is 27.7 Å². The zero-order chi connectivity index (χ0) is 14.7. The maximum atomic E-state index is 6.15. The average molecular weight is 269 g/mol. The normalized spacial score (nSPS) is 10.7. The molecule has 0 saturated heterocycles. The SMILES string of the molecule is Cc1cc(CCN)ccc1Oc1c(C)ccc(C)c1C. The van der Waals surface area contributed by atoms with Gasteiger partial charge in [-0.05, 0) is 74.5 Å². The van der Waals surface area contributed by atoms with Crippen molar-refractivity contribution >= 4 is 0 Å². The molecule has 0 aliphatic rings. The minimum Gasteiger partial charge on any atom is -0.457 e. The molecular weight excluding hydrogens is 246 g/mol. The van der Waals surface area contributed by atoms with Crippen molar-refractivity contribution < 1.29 is 4.74 Å². The molecule has 0 radical (unpaired) electrons. The lowest BCUT2D eigenvalue weighted by atomic mass is 10.0. The van der Waals surface area contributed by atoms with Crippen molar-refractivity contribution in [3.63, 3.8) is 0 Å². The zero-order valence-corrected chi connectivity index (χ0v) is 12.8. The van der Waals surface area contributed by atoms with Crippen LogP contribution in [0.2, 0.25) is 0 Å². The summed E-state index contributed by atoms with van der Waals surface area (Å²) in [5.74, 6) is 1.89. The van der Waals surface area contributed by atoms with E-state index in [9.17, 15) is 0 Å². The second-order valence-corrected chi connectivity index (χ2v) is 5.39. The number of ether oxygens (including phenoxy) is 1. The Hall–Kier alpha value is -1.80. The van der Waals surface area contributed by atoms with Crippen LogP contribution in [0.25, 0.3) is 0 Å². The first kappa shape index (κ1) is 14.6. The molecule has 0 amide bonds. The van der Waals surface area contributed by atoms with E-state index in [1.807, 2.05) is 6.07 Å². The Kier molecular flexibility index (Phi) is 4.46.